The highest BCUT2D eigenvalue weighted by Gasteiger charge is 2.09. The molecule has 0 fully saturated rings. The molecule has 20 heavy (non-hydrogen) atoms. The quantitative estimate of drug-likeness (QED) is 0.939. The van der Waals surface area contributed by atoms with Crippen LogP contribution in [0.15, 0.2) is 36.4 Å². The Hall–Kier alpha value is -2.09. The lowest BCUT2D eigenvalue weighted by molar-refractivity contribution is 0.296. The zero-order valence-corrected chi connectivity index (χ0v) is 11.3. The monoisotopic (exact) mass is 290 g/mol. The maximum Gasteiger partial charge on any atom is 0.147 e. The third kappa shape index (κ3) is 3.08. The number of hydrogen-bond donors (Lipinski definition) is 1. The normalized spacial score (nSPS) is 10.1. The van der Waals surface area contributed by atoms with Crippen LogP contribution in [0.4, 0.5) is 4.39 Å². The summed E-state index contributed by atoms with van der Waals surface area (Å²) in [6.45, 7) is 0.298. The van der Waals surface area contributed by atoms with Crippen molar-refractivity contribution in [1.29, 1.82) is 5.26 Å². The van der Waals surface area contributed by atoms with E-state index in [0.29, 0.717) is 16.3 Å². The van der Waals surface area contributed by atoms with Crippen LogP contribution in [0.2, 0.25) is 5.02 Å². The van der Waals surface area contributed by atoms with Crippen molar-refractivity contribution < 1.29 is 9.13 Å². The molecule has 0 aliphatic rings. The second-order valence-corrected chi connectivity index (χ2v) is 4.57. The molecular formula is C15H12ClFN2O. The molecule has 0 radical (unpaired) electrons. The zero-order valence-electron chi connectivity index (χ0n) is 10.6. The van der Waals surface area contributed by atoms with Gasteiger partial charge in [-0.2, -0.15) is 5.26 Å². The van der Waals surface area contributed by atoms with Crippen molar-refractivity contribution in [2.45, 2.75) is 13.2 Å². The lowest BCUT2D eigenvalue weighted by Crippen LogP contribution is -2.04. The number of halogens is 2. The molecule has 5 heteroatoms. The number of rotatable bonds is 4. The summed E-state index contributed by atoms with van der Waals surface area (Å²) in [5.41, 5.74) is 6.68. The van der Waals surface area contributed by atoms with Crippen LogP contribution in [0.1, 0.15) is 16.7 Å². The van der Waals surface area contributed by atoms with Gasteiger partial charge in [0.15, 0.2) is 0 Å². The third-order valence-electron chi connectivity index (χ3n) is 2.82. The number of nitrogens with zero attached hydrogens (tertiary/aromatic N) is 1. The first-order valence-corrected chi connectivity index (χ1v) is 6.32. The van der Waals surface area contributed by atoms with Crippen LogP contribution in [0.3, 0.4) is 0 Å². The molecule has 102 valence electrons. The van der Waals surface area contributed by atoms with Crippen molar-refractivity contribution >= 4 is 11.6 Å². The molecule has 0 aliphatic heterocycles. The van der Waals surface area contributed by atoms with Gasteiger partial charge in [0.2, 0.25) is 0 Å². The minimum atomic E-state index is -0.557. The highest BCUT2D eigenvalue weighted by molar-refractivity contribution is 6.30. The van der Waals surface area contributed by atoms with Crippen LogP contribution in [0.25, 0.3) is 0 Å². The van der Waals surface area contributed by atoms with E-state index in [9.17, 15) is 4.39 Å². The van der Waals surface area contributed by atoms with Crippen molar-refractivity contribution in [3.05, 3.63) is 63.9 Å². The van der Waals surface area contributed by atoms with Gasteiger partial charge in [0.1, 0.15) is 24.2 Å². The predicted molar refractivity (Wildman–Crippen MR) is 74.8 cm³/mol. The molecule has 0 heterocycles. The molecule has 2 N–H and O–H groups in total. The van der Waals surface area contributed by atoms with Crippen LogP contribution < -0.4 is 10.5 Å². The summed E-state index contributed by atoms with van der Waals surface area (Å²) in [7, 11) is 0. The Morgan fingerprint density at radius 2 is 2.05 bits per heavy atom. The molecular weight excluding hydrogens is 279 g/mol. The minimum Gasteiger partial charge on any atom is -0.488 e. The van der Waals surface area contributed by atoms with Gasteiger partial charge in [-0.3, -0.25) is 0 Å². The summed E-state index contributed by atoms with van der Waals surface area (Å²) in [6, 6.07) is 11.5. The molecule has 2 aromatic carbocycles. The molecule has 0 atom stereocenters. The molecule has 2 rings (SSSR count). The van der Waals surface area contributed by atoms with Crippen molar-refractivity contribution in [3.63, 3.8) is 0 Å². The number of hydrogen-bond acceptors (Lipinski definition) is 3. The van der Waals surface area contributed by atoms with Crippen molar-refractivity contribution in [2.75, 3.05) is 0 Å². The Labute approximate surface area is 121 Å². The van der Waals surface area contributed by atoms with Crippen LogP contribution in [0, 0.1) is 17.1 Å². The van der Waals surface area contributed by atoms with E-state index < -0.39 is 5.82 Å². The van der Waals surface area contributed by atoms with Gasteiger partial charge in [0, 0.05) is 22.7 Å². The maximum absolute atomic E-state index is 13.9. The van der Waals surface area contributed by atoms with Gasteiger partial charge in [-0.15, -0.1) is 0 Å². The topological polar surface area (TPSA) is 59.0 Å². The SMILES string of the molecule is N#Cc1cccc(COc2ccc(Cl)cc2CN)c1F. The van der Waals surface area contributed by atoms with E-state index >= 15 is 0 Å². The first-order chi connectivity index (χ1) is 9.65. The van der Waals surface area contributed by atoms with Crippen molar-refractivity contribution in [1.82, 2.24) is 0 Å². The number of nitrogens with two attached hydrogens (primary N) is 1. The molecule has 0 aliphatic carbocycles. The molecule has 3 nitrogen and oxygen atoms in total. The van der Waals surface area contributed by atoms with E-state index in [-0.39, 0.29) is 18.7 Å². The van der Waals surface area contributed by atoms with Gasteiger partial charge in [0.25, 0.3) is 0 Å². The van der Waals surface area contributed by atoms with Gasteiger partial charge in [-0.1, -0.05) is 23.7 Å². The van der Waals surface area contributed by atoms with Gasteiger partial charge >= 0.3 is 0 Å². The van der Waals surface area contributed by atoms with Gasteiger partial charge < -0.3 is 10.5 Å². The van der Waals surface area contributed by atoms with E-state index in [1.807, 2.05) is 0 Å². The van der Waals surface area contributed by atoms with Crippen LogP contribution >= 0.6 is 11.6 Å². The first kappa shape index (κ1) is 14.3. The standard InChI is InChI=1S/C15H12ClFN2O/c16-13-4-5-14(12(6-13)8-19)20-9-11-3-1-2-10(7-18)15(11)17/h1-6H,8-9,19H2. The van der Waals surface area contributed by atoms with E-state index in [4.69, 9.17) is 27.3 Å². The fourth-order valence-electron chi connectivity index (χ4n) is 1.78. The maximum atomic E-state index is 13.9. The Morgan fingerprint density at radius 1 is 1.25 bits per heavy atom. The molecule has 0 spiro atoms. The minimum absolute atomic E-state index is 0.00116. The average Bonchev–Trinajstić information content (AvgIpc) is 2.47. The highest BCUT2D eigenvalue weighted by atomic mass is 35.5. The average molecular weight is 291 g/mol. The van der Waals surface area contributed by atoms with Gasteiger partial charge in [0.05, 0.1) is 5.56 Å². The summed E-state index contributed by atoms with van der Waals surface area (Å²) in [5.74, 6) is -0.00285. The Kier molecular flexibility index (Phi) is 4.57. The molecule has 0 amide bonds. The summed E-state index contributed by atoms with van der Waals surface area (Å²) in [4.78, 5) is 0. The lowest BCUT2D eigenvalue weighted by Gasteiger charge is -2.11. The fourth-order valence-corrected chi connectivity index (χ4v) is 1.98. The summed E-state index contributed by atoms with van der Waals surface area (Å²) in [5, 5.41) is 9.34. The number of benzene rings is 2. The molecule has 0 saturated heterocycles. The first-order valence-electron chi connectivity index (χ1n) is 5.94. The second kappa shape index (κ2) is 6.38. The largest absolute Gasteiger partial charge is 0.488 e. The Morgan fingerprint density at radius 3 is 2.75 bits per heavy atom. The summed E-state index contributed by atoms with van der Waals surface area (Å²) in [6.07, 6.45) is 0. The third-order valence-corrected chi connectivity index (χ3v) is 3.06. The smallest absolute Gasteiger partial charge is 0.147 e. The van der Waals surface area contributed by atoms with E-state index in [2.05, 4.69) is 0 Å². The Bertz CT molecular complexity index is 667. The predicted octanol–water partition coefficient (Wildman–Crippen LogP) is 3.39. The van der Waals surface area contributed by atoms with Crippen LogP contribution in [-0.4, -0.2) is 0 Å². The summed E-state index contributed by atoms with van der Waals surface area (Å²) < 4.78 is 19.4. The molecule has 2 aromatic rings. The lowest BCUT2D eigenvalue weighted by atomic mass is 10.1. The molecule has 0 saturated carbocycles. The molecule has 0 bridgehead atoms. The molecule has 0 aromatic heterocycles. The molecule has 0 unspecified atom stereocenters. The number of nitriles is 1. The second-order valence-electron chi connectivity index (χ2n) is 4.14. The van der Waals surface area contributed by atoms with Crippen LogP contribution in [0.5, 0.6) is 5.75 Å². The van der Waals surface area contributed by atoms with Crippen LogP contribution in [-0.2, 0) is 13.2 Å². The van der Waals surface area contributed by atoms with E-state index in [1.165, 1.54) is 6.07 Å². The highest BCUT2D eigenvalue weighted by Crippen LogP contribution is 2.24. The van der Waals surface area contributed by atoms with Gasteiger partial charge in [-0.05, 0) is 24.3 Å². The van der Waals surface area contributed by atoms with Gasteiger partial charge in [-0.25, -0.2) is 4.39 Å². The Balaban J connectivity index is 2.19. The zero-order chi connectivity index (χ0) is 14.5. The van der Waals surface area contributed by atoms with E-state index in [0.717, 1.165) is 5.56 Å². The van der Waals surface area contributed by atoms with Crippen molar-refractivity contribution in [2.24, 2.45) is 5.73 Å². The van der Waals surface area contributed by atoms with Crippen molar-refractivity contribution in [3.8, 4) is 11.8 Å². The number of ether oxygens (including phenoxy) is 1. The summed E-state index contributed by atoms with van der Waals surface area (Å²) >= 11 is 5.87. The fraction of sp³-hybridized carbons (Fsp3) is 0.133. The van der Waals surface area contributed by atoms with E-state index in [1.54, 1.807) is 36.4 Å².